The van der Waals surface area contributed by atoms with Crippen LogP contribution in [0, 0.1) is 0 Å². The van der Waals surface area contributed by atoms with Crippen LogP contribution < -0.4 is 5.73 Å². The summed E-state index contributed by atoms with van der Waals surface area (Å²) in [5.74, 6) is 0. The Morgan fingerprint density at radius 2 is 1.65 bits per heavy atom. The minimum absolute atomic E-state index is 0.125. The third kappa shape index (κ3) is 8.06. The highest BCUT2D eigenvalue weighted by atomic mass is 16.5. The lowest BCUT2D eigenvalue weighted by Gasteiger charge is -1.89. The van der Waals surface area contributed by atoms with Crippen LogP contribution in [0.1, 0.15) is 6.92 Å². The summed E-state index contributed by atoms with van der Waals surface area (Å²) in [6, 6.07) is 7.81. The highest BCUT2D eigenvalue weighted by Gasteiger charge is 1.91. The van der Waals surface area contributed by atoms with Crippen LogP contribution >= 0.6 is 0 Å². The van der Waals surface area contributed by atoms with Gasteiger partial charge in [0.25, 0.3) is 0 Å². The Balaban J connectivity index is 0.000000238. The molecular formula is C11H17NO5. The Morgan fingerprint density at radius 1 is 1.24 bits per heavy atom. The minimum atomic E-state index is -0.711. The molecule has 2 aromatic rings. The van der Waals surface area contributed by atoms with Crippen LogP contribution in [-0.2, 0) is 4.74 Å². The molecule has 0 aliphatic rings. The largest absolute Gasteiger partial charge is 0.457 e. The van der Waals surface area contributed by atoms with Gasteiger partial charge in [-0.1, -0.05) is 0 Å². The van der Waals surface area contributed by atoms with E-state index in [1.165, 1.54) is 0 Å². The number of ether oxygens (including phenoxy) is 1. The van der Waals surface area contributed by atoms with Crippen molar-refractivity contribution in [3.63, 3.8) is 0 Å². The van der Waals surface area contributed by atoms with E-state index in [2.05, 4.69) is 10.5 Å². The number of carbonyl (C=O) groups excluding carboxylic acids is 1. The first-order valence-corrected chi connectivity index (χ1v) is 5.05. The highest BCUT2D eigenvalue weighted by molar-refractivity contribution is 5.64. The van der Waals surface area contributed by atoms with Crippen molar-refractivity contribution in [3.8, 4) is 0 Å². The van der Waals surface area contributed by atoms with Crippen LogP contribution in [0.15, 0.2) is 28.7 Å². The Bertz CT molecular complexity index is 340. The fourth-order valence-corrected chi connectivity index (χ4v) is 0.854. The maximum Gasteiger partial charge on any atom is 0.404 e. The quantitative estimate of drug-likeness (QED) is 0.728. The molecule has 2 aromatic heterocycles. The van der Waals surface area contributed by atoms with E-state index in [0.717, 1.165) is 11.2 Å². The summed E-state index contributed by atoms with van der Waals surface area (Å²) in [6.07, 6.45) is -0.711. The van der Waals surface area contributed by atoms with Gasteiger partial charge in [0.1, 0.15) is 11.2 Å². The molecule has 0 fully saturated rings. The number of aliphatic hydroxyl groups is 2. The molecule has 17 heavy (non-hydrogen) atoms. The van der Waals surface area contributed by atoms with Gasteiger partial charge in [0.05, 0.1) is 19.8 Å². The molecule has 0 aromatic carbocycles. The zero-order chi connectivity index (χ0) is 13.1. The average molecular weight is 243 g/mol. The number of primary amides is 1. The normalized spacial score (nSPS) is 8.88. The Hall–Kier alpha value is -1.79. The molecule has 0 aliphatic heterocycles. The summed E-state index contributed by atoms with van der Waals surface area (Å²) in [5.41, 5.74) is 6.48. The predicted octanol–water partition coefficient (Wildman–Crippen LogP) is 0.943. The molecule has 0 saturated heterocycles. The first-order valence-electron chi connectivity index (χ1n) is 5.05. The number of rotatable bonds is 2. The molecule has 6 nitrogen and oxygen atoms in total. The molecule has 0 aliphatic carbocycles. The van der Waals surface area contributed by atoms with Gasteiger partial charge in [-0.2, -0.15) is 0 Å². The smallest absolute Gasteiger partial charge is 0.404 e. The minimum Gasteiger partial charge on any atom is -0.457 e. The van der Waals surface area contributed by atoms with Crippen molar-refractivity contribution in [2.75, 3.05) is 19.8 Å². The number of aliphatic hydroxyl groups excluding tert-OH is 2. The molecule has 0 spiro atoms. The molecule has 0 saturated carbocycles. The lowest BCUT2D eigenvalue weighted by atomic mass is 10.4. The maximum atomic E-state index is 9.60. The van der Waals surface area contributed by atoms with E-state index in [1.54, 1.807) is 6.92 Å². The number of fused-ring (bicyclic) bond motifs is 2. The lowest BCUT2D eigenvalue weighted by Crippen LogP contribution is -2.11. The molecule has 2 heterocycles. The van der Waals surface area contributed by atoms with Crippen molar-refractivity contribution in [1.82, 2.24) is 0 Å². The summed E-state index contributed by atoms with van der Waals surface area (Å²) < 4.78 is 9.26. The molecule has 96 valence electrons. The van der Waals surface area contributed by atoms with Gasteiger partial charge in [-0.25, -0.2) is 4.79 Å². The van der Waals surface area contributed by atoms with E-state index in [1.807, 2.05) is 24.3 Å². The van der Waals surface area contributed by atoms with Crippen molar-refractivity contribution in [2.24, 2.45) is 5.73 Å². The van der Waals surface area contributed by atoms with Crippen molar-refractivity contribution in [1.29, 1.82) is 0 Å². The molecule has 0 radical (unpaired) electrons. The lowest BCUT2D eigenvalue weighted by molar-refractivity contribution is 0.163. The number of hydrogen-bond donors (Lipinski definition) is 3. The monoisotopic (exact) mass is 243 g/mol. The first kappa shape index (κ1) is 15.2. The third-order valence-electron chi connectivity index (χ3n) is 1.45. The summed E-state index contributed by atoms with van der Waals surface area (Å²) in [5, 5.41) is 15.2. The van der Waals surface area contributed by atoms with Crippen LogP contribution in [-0.4, -0.2) is 36.1 Å². The second-order valence-corrected chi connectivity index (χ2v) is 2.77. The van der Waals surface area contributed by atoms with E-state index < -0.39 is 6.09 Å². The zero-order valence-corrected chi connectivity index (χ0v) is 9.63. The molecule has 0 unspecified atom stereocenters. The first-order chi connectivity index (χ1) is 8.13. The summed E-state index contributed by atoms with van der Waals surface area (Å²) in [7, 11) is 0. The van der Waals surface area contributed by atoms with E-state index in [-0.39, 0.29) is 13.2 Å². The molecular weight excluding hydrogens is 226 g/mol. The van der Waals surface area contributed by atoms with Gasteiger partial charge in [0.2, 0.25) is 0 Å². The average Bonchev–Trinajstić information content (AvgIpc) is 2.94. The van der Waals surface area contributed by atoms with Gasteiger partial charge >= 0.3 is 6.09 Å². The molecule has 6 heteroatoms. The summed E-state index contributed by atoms with van der Waals surface area (Å²) in [6.45, 7) is 1.81. The van der Waals surface area contributed by atoms with E-state index in [4.69, 9.17) is 14.6 Å². The molecule has 0 atom stereocenters. The van der Waals surface area contributed by atoms with Gasteiger partial charge in [0.15, 0.2) is 0 Å². The Morgan fingerprint density at radius 3 is 1.71 bits per heavy atom. The van der Waals surface area contributed by atoms with E-state index in [9.17, 15) is 4.79 Å². The van der Waals surface area contributed by atoms with Gasteiger partial charge in [-0.05, 0) is 31.2 Å². The van der Waals surface area contributed by atoms with Gasteiger partial charge in [-0.3, -0.25) is 0 Å². The van der Waals surface area contributed by atoms with Crippen LogP contribution in [0.5, 0.6) is 0 Å². The number of furan rings is 2. The number of benzene rings is 1. The third-order valence-corrected chi connectivity index (χ3v) is 1.45. The SMILES string of the molecule is CCOC(N)=O.OCCO.c1cc2ccc1o2. The number of amides is 1. The van der Waals surface area contributed by atoms with Crippen LogP contribution in [0.4, 0.5) is 4.79 Å². The summed E-state index contributed by atoms with van der Waals surface area (Å²) >= 11 is 0. The highest BCUT2D eigenvalue weighted by Crippen LogP contribution is 2.13. The van der Waals surface area contributed by atoms with Gasteiger partial charge in [0, 0.05) is 0 Å². The Kier molecular flexibility index (Phi) is 8.44. The topological polar surface area (TPSA) is 106 Å². The second-order valence-electron chi connectivity index (χ2n) is 2.77. The fourth-order valence-electron chi connectivity index (χ4n) is 0.854. The van der Waals surface area contributed by atoms with E-state index >= 15 is 0 Å². The molecule has 2 bridgehead atoms. The number of nitrogens with two attached hydrogens (primary N) is 1. The van der Waals surface area contributed by atoms with Gasteiger partial charge < -0.3 is 25.1 Å². The van der Waals surface area contributed by atoms with Crippen molar-refractivity contribution >= 4 is 17.3 Å². The molecule has 2 rings (SSSR count). The number of carbonyl (C=O) groups is 1. The Labute approximate surface area is 98.9 Å². The molecule has 4 N–H and O–H groups in total. The van der Waals surface area contributed by atoms with Crippen LogP contribution in [0.3, 0.4) is 0 Å². The zero-order valence-electron chi connectivity index (χ0n) is 9.63. The van der Waals surface area contributed by atoms with Crippen molar-refractivity contribution in [2.45, 2.75) is 6.92 Å². The van der Waals surface area contributed by atoms with E-state index in [0.29, 0.717) is 6.61 Å². The van der Waals surface area contributed by atoms with Crippen molar-refractivity contribution < 1.29 is 24.2 Å². The maximum absolute atomic E-state index is 9.60. The van der Waals surface area contributed by atoms with Gasteiger partial charge in [-0.15, -0.1) is 0 Å². The molecule has 1 amide bonds. The summed E-state index contributed by atoms with van der Waals surface area (Å²) in [4.78, 5) is 9.60. The van der Waals surface area contributed by atoms with Crippen LogP contribution in [0.2, 0.25) is 0 Å². The second kappa shape index (κ2) is 9.44. The predicted molar refractivity (Wildman–Crippen MR) is 62.8 cm³/mol. The van der Waals surface area contributed by atoms with Crippen molar-refractivity contribution in [3.05, 3.63) is 24.3 Å². The number of hydrogen-bond acceptors (Lipinski definition) is 5. The standard InChI is InChI=1S/C6H4O.C3H7NO2.C2H6O2/c1-2-6-4-3-5(1)7-6;1-2-6-3(4)5;3-1-2-4/h1-4H;2H2,1H3,(H2,4,5);3-4H,1-2H2. The van der Waals surface area contributed by atoms with Crippen LogP contribution in [0.25, 0.3) is 11.2 Å². The fraction of sp³-hybridized carbons (Fsp3) is 0.364.